The molecule has 1 aliphatic heterocycles. The highest BCUT2D eigenvalue weighted by atomic mass is 16.7. The molecule has 1 rings (SSSR count). The molecular weight excluding hydrogens is 196 g/mol. The summed E-state index contributed by atoms with van der Waals surface area (Å²) >= 11 is 0. The summed E-state index contributed by atoms with van der Waals surface area (Å²) < 4.78 is 15.4. The Morgan fingerprint density at radius 1 is 1.27 bits per heavy atom. The van der Waals surface area contributed by atoms with Gasteiger partial charge in [0.1, 0.15) is 0 Å². The van der Waals surface area contributed by atoms with Crippen LogP contribution in [0.5, 0.6) is 0 Å². The van der Waals surface area contributed by atoms with Crippen molar-refractivity contribution in [3.8, 4) is 0 Å². The fourth-order valence-corrected chi connectivity index (χ4v) is 1.54. The average molecular weight is 218 g/mol. The number of hydrogen-bond acceptors (Lipinski definition) is 5. The van der Waals surface area contributed by atoms with Gasteiger partial charge in [-0.05, 0) is 0 Å². The Balaban J connectivity index is 1.95. The topological polar surface area (TPSA) is 43.0 Å². The van der Waals surface area contributed by atoms with Crippen LogP contribution in [0.1, 0.15) is 0 Å². The molecule has 90 valence electrons. The summed E-state index contributed by atoms with van der Waals surface area (Å²) in [6, 6.07) is 0. The summed E-state index contributed by atoms with van der Waals surface area (Å²) in [5, 5.41) is 3.30. The lowest BCUT2D eigenvalue weighted by atomic mass is 10.4. The molecule has 1 fully saturated rings. The highest BCUT2D eigenvalue weighted by molar-refractivity contribution is 4.63. The van der Waals surface area contributed by atoms with Crippen molar-refractivity contribution in [1.29, 1.82) is 0 Å². The first kappa shape index (κ1) is 12.9. The normalized spacial score (nSPS) is 18.6. The Labute approximate surface area is 91.7 Å². The van der Waals surface area contributed by atoms with Crippen LogP contribution in [-0.4, -0.2) is 71.3 Å². The number of rotatable bonds is 7. The smallest absolute Gasteiger partial charge is 0.169 e. The molecule has 1 saturated heterocycles. The van der Waals surface area contributed by atoms with E-state index >= 15 is 0 Å². The minimum absolute atomic E-state index is 0.144. The molecule has 15 heavy (non-hydrogen) atoms. The third-order valence-electron chi connectivity index (χ3n) is 2.55. The largest absolute Gasteiger partial charge is 0.379 e. The zero-order valence-corrected chi connectivity index (χ0v) is 9.70. The summed E-state index contributed by atoms with van der Waals surface area (Å²) in [4.78, 5) is 2.39. The Bertz CT molecular complexity index is 148. The molecule has 0 aliphatic carbocycles. The number of methoxy groups -OCH3 is 2. The van der Waals surface area contributed by atoms with Gasteiger partial charge in [-0.3, -0.25) is 4.90 Å². The molecule has 1 aliphatic rings. The van der Waals surface area contributed by atoms with Gasteiger partial charge in [0.15, 0.2) is 6.29 Å². The van der Waals surface area contributed by atoms with Crippen LogP contribution in [0.2, 0.25) is 0 Å². The molecule has 5 nitrogen and oxygen atoms in total. The Kier molecular flexibility index (Phi) is 6.87. The van der Waals surface area contributed by atoms with Crippen molar-refractivity contribution in [2.45, 2.75) is 6.29 Å². The maximum Gasteiger partial charge on any atom is 0.169 e. The van der Waals surface area contributed by atoms with E-state index in [1.54, 1.807) is 14.2 Å². The first-order valence-corrected chi connectivity index (χ1v) is 5.43. The van der Waals surface area contributed by atoms with Gasteiger partial charge in [0, 0.05) is 46.9 Å². The molecule has 0 aromatic rings. The molecule has 0 aromatic carbocycles. The van der Waals surface area contributed by atoms with E-state index in [0.717, 1.165) is 45.9 Å². The number of nitrogens with one attached hydrogen (secondary N) is 1. The number of ether oxygens (including phenoxy) is 3. The van der Waals surface area contributed by atoms with Crippen molar-refractivity contribution < 1.29 is 14.2 Å². The monoisotopic (exact) mass is 218 g/mol. The Morgan fingerprint density at radius 3 is 2.53 bits per heavy atom. The van der Waals surface area contributed by atoms with Gasteiger partial charge < -0.3 is 19.5 Å². The van der Waals surface area contributed by atoms with Crippen LogP contribution in [0.3, 0.4) is 0 Å². The lowest BCUT2D eigenvalue weighted by Crippen LogP contribution is -2.41. The zero-order chi connectivity index (χ0) is 10.9. The highest BCUT2D eigenvalue weighted by Crippen LogP contribution is 1.95. The van der Waals surface area contributed by atoms with Crippen molar-refractivity contribution in [2.75, 3.05) is 60.2 Å². The predicted octanol–water partition coefficient (Wildman–Crippen LogP) is -0.473. The maximum absolute atomic E-state index is 5.28. The summed E-state index contributed by atoms with van der Waals surface area (Å²) in [6.07, 6.45) is -0.144. The van der Waals surface area contributed by atoms with Crippen molar-refractivity contribution >= 4 is 0 Å². The zero-order valence-electron chi connectivity index (χ0n) is 9.70. The second-order valence-electron chi connectivity index (χ2n) is 3.56. The van der Waals surface area contributed by atoms with Gasteiger partial charge in [0.2, 0.25) is 0 Å². The first-order chi connectivity index (χ1) is 7.36. The van der Waals surface area contributed by atoms with Crippen molar-refractivity contribution in [3.05, 3.63) is 0 Å². The number of nitrogens with zero attached hydrogens (tertiary/aromatic N) is 1. The maximum atomic E-state index is 5.28. The van der Waals surface area contributed by atoms with Crippen LogP contribution in [0.15, 0.2) is 0 Å². The molecule has 0 bridgehead atoms. The molecule has 0 unspecified atom stereocenters. The third kappa shape index (κ3) is 5.44. The van der Waals surface area contributed by atoms with Crippen LogP contribution >= 0.6 is 0 Å². The molecule has 0 aromatic heterocycles. The van der Waals surface area contributed by atoms with E-state index in [0.29, 0.717) is 0 Å². The average Bonchev–Trinajstić information content (AvgIpc) is 2.31. The third-order valence-corrected chi connectivity index (χ3v) is 2.55. The van der Waals surface area contributed by atoms with Gasteiger partial charge in [-0.15, -0.1) is 0 Å². The first-order valence-electron chi connectivity index (χ1n) is 5.43. The molecule has 0 amide bonds. The van der Waals surface area contributed by atoms with Gasteiger partial charge in [-0.1, -0.05) is 0 Å². The minimum atomic E-state index is -0.144. The molecule has 1 N–H and O–H groups in total. The SMILES string of the molecule is COC(CNCCN1CCOCC1)OC. The van der Waals surface area contributed by atoms with Crippen LogP contribution in [0.25, 0.3) is 0 Å². The number of hydrogen-bond donors (Lipinski definition) is 1. The summed E-state index contributed by atoms with van der Waals surface area (Å²) in [5.74, 6) is 0. The van der Waals surface area contributed by atoms with Crippen LogP contribution < -0.4 is 5.32 Å². The lowest BCUT2D eigenvalue weighted by molar-refractivity contribution is -0.0988. The van der Waals surface area contributed by atoms with E-state index in [1.165, 1.54) is 0 Å². The van der Waals surface area contributed by atoms with Crippen LogP contribution in [-0.2, 0) is 14.2 Å². The van der Waals surface area contributed by atoms with Crippen molar-refractivity contribution in [2.24, 2.45) is 0 Å². The van der Waals surface area contributed by atoms with Gasteiger partial charge in [-0.2, -0.15) is 0 Å². The standard InChI is InChI=1S/C10H22N2O3/c1-13-10(14-2)9-11-3-4-12-5-7-15-8-6-12/h10-11H,3-9H2,1-2H3. The van der Waals surface area contributed by atoms with Crippen molar-refractivity contribution in [3.63, 3.8) is 0 Å². The second kappa shape index (κ2) is 8.01. The van der Waals surface area contributed by atoms with E-state index in [-0.39, 0.29) is 6.29 Å². The van der Waals surface area contributed by atoms with Gasteiger partial charge >= 0.3 is 0 Å². The predicted molar refractivity (Wildman–Crippen MR) is 57.9 cm³/mol. The second-order valence-corrected chi connectivity index (χ2v) is 3.56. The van der Waals surface area contributed by atoms with E-state index in [9.17, 15) is 0 Å². The Hall–Kier alpha value is -0.200. The fourth-order valence-electron chi connectivity index (χ4n) is 1.54. The van der Waals surface area contributed by atoms with Gasteiger partial charge in [0.05, 0.1) is 13.2 Å². The summed E-state index contributed by atoms with van der Waals surface area (Å²) in [5.41, 5.74) is 0. The van der Waals surface area contributed by atoms with Crippen LogP contribution in [0.4, 0.5) is 0 Å². The fraction of sp³-hybridized carbons (Fsp3) is 1.00. The molecule has 0 spiro atoms. The lowest BCUT2D eigenvalue weighted by Gasteiger charge is -2.26. The summed E-state index contributed by atoms with van der Waals surface area (Å²) in [7, 11) is 3.30. The molecule has 0 saturated carbocycles. The molecule has 0 radical (unpaired) electrons. The molecule has 0 atom stereocenters. The van der Waals surface area contributed by atoms with Crippen LogP contribution in [0, 0.1) is 0 Å². The van der Waals surface area contributed by atoms with Gasteiger partial charge in [0.25, 0.3) is 0 Å². The molecule has 5 heteroatoms. The number of morpholine rings is 1. The van der Waals surface area contributed by atoms with E-state index < -0.39 is 0 Å². The van der Waals surface area contributed by atoms with Crippen molar-refractivity contribution in [1.82, 2.24) is 10.2 Å². The molecular formula is C10H22N2O3. The van der Waals surface area contributed by atoms with E-state index in [2.05, 4.69) is 10.2 Å². The summed E-state index contributed by atoms with van der Waals surface area (Å²) in [6.45, 7) is 6.56. The molecule has 1 heterocycles. The van der Waals surface area contributed by atoms with E-state index in [4.69, 9.17) is 14.2 Å². The van der Waals surface area contributed by atoms with Gasteiger partial charge in [-0.25, -0.2) is 0 Å². The van der Waals surface area contributed by atoms with E-state index in [1.807, 2.05) is 0 Å². The quantitative estimate of drug-likeness (QED) is 0.462. The Morgan fingerprint density at radius 2 is 1.93 bits per heavy atom. The minimum Gasteiger partial charge on any atom is -0.379 e. The highest BCUT2D eigenvalue weighted by Gasteiger charge is 2.09.